The zero-order valence-electron chi connectivity index (χ0n) is 19.0. The molecule has 0 atom stereocenters. The second kappa shape index (κ2) is 13.5. The molecule has 33 heavy (non-hydrogen) atoms. The Hall–Kier alpha value is -2.13. The topological polar surface area (TPSA) is 51.8 Å². The van der Waals surface area contributed by atoms with Gasteiger partial charge in [-0.3, -0.25) is 0 Å². The third kappa shape index (κ3) is 8.97. The lowest BCUT2D eigenvalue weighted by Gasteiger charge is -2.31. The zero-order valence-corrected chi connectivity index (χ0v) is 21.4. The summed E-state index contributed by atoms with van der Waals surface area (Å²) in [6.07, 6.45) is 3.88. The monoisotopic (exact) mass is 505 g/mol. The van der Waals surface area contributed by atoms with Gasteiger partial charge in [0.1, 0.15) is 5.75 Å². The number of thiocarbonyl (C=S) groups is 2. The van der Waals surface area contributed by atoms with Crippen LogP contribution in [0, 0.1) is 0 Å². The van der Waals surface area contributed by atoms with Crippen molar-refractivity contribution >= 4 is 57.6 Å². The molecule has 178 valence electrons. The predicted molar refractivity (Wildman–Crippen MR) is 147 cm³/mol. The normalized spacial score (nSPS) is 13.8. The van der Waals surface area contributed by atoms with Crippen molar-refractivity contribution < 1.29 is 4.74 Å². The number of rotatable bonds is 9. The lowest BCUT2D eigenvalue weighted by molar-refractivity contribution is 0.211. The summed E-state index contributed by atoms with van der Waals surface area (Å²) in [7, 11) is 1.66. The van der Waals surface area contributed by atoms with Gasteiger partial charge in [0.15, 0.2) is 10.2 Å². The average Bonchev–Trinajstić information content (AvgIpc) is 2.83. The Bertz CT molecular complexity index is 906. The van der Waals surface area contributed by atoms with Crippen LogP contribution < -0.4 is 20.7 Å². The van der Waals surface area contributed by atoms with Crippen molar-refractivity contribution in [2.45, 2.75) is 19.3 Å². The van der Waals surface area contributed by atoms with Crippen LogP contribution in [0.1, 0.15) is 19.3 Å². The molecule has 0 aromatic heterocycles. The number of likely N-dealkylation sites (tertiary alicyclic amines) is 1. The largest absolute Gasteiger partial charge is 0.497 e. The van der Waals surface area contributed by atoms with E-state index in [-0.39, 0.29) is 0 Å². The minimum atomic E-state index is 0.569. The Balaban J connectivity index is 1.53. The molecule has 0 radical (unpaired) electrons. The number of nitrogens with zero attached hydrogens (tertiary/aromatic N) is 2. The van der Waals surface area contributed by atoms with Crippen LogP contribution >= 0.6 is 36.0 Å². The summed E-state index contributed by atoms with van der Waals surface area (Å²) in [5.41, 5.74) is 1.81. The first-order valence-corrected chi connectivity index (χ1v) is 12.5. The van der Waals surface area contributed by atoms with Crippen LogP contribution in [0.15, 0.2) is 48.5 Å². The number of ether oxygens (including phenoxy) is 1. The van der Waals surface area contributed by atoms with E-state index in [0.717, 1.165) is 49.8 Å². The molecule has 0 saturated carbocycles. The molecule has 3 rings (SSSR count). The maximum Gasteiger partial charge on any atom is 0.173 e. The Morgan fingerprint density at radius 2 is 1.76 bits per heavy atom. The summed E-state index contributed by atoms with van der Waals surface area (Å²) in [5.74, 6) is 0.794. The van der Waals surface area contributed by atoms with Crippen molar-refractivity contribution in [3.8, 4) is 5.75 Å². The number of hydrogen-bond donors (Lipinski definition) is 3. The van der Waals surface area contributed by atoms with E-state index in [9.17, 15) is 0 Å². The average molecular weight is 506 g/mol. The van der Waals surface area contributed by atoms with Gasteiger partial charge in [0.05, 0.1) is 7.11 Å². The number of nitrogens with one attached hydrogen (secondary N) is 3. The van der Waals surface area contributed by atoms with Gasteiger partial charge in [0.2, 0.25) is 0 Å². The molecular weight excluding hydrogens is 474 g/mol. The van der Waals surface area contributed by atoms with E-state index in [1.54, 1.807) is 7.11 Å². The summed E-state index contributed by atoms with van der Waals surface area (Å²) in [5, 5.41) is 11.8. The highest BCUT2D eigenvalue weighted by molar-refractivity contribution is 7.80. The van der Waals surface area contributed by atoms with Crippen LogP contribution in [-0.4, -0.2) is 66.4 Å². The van der Waals surface area contributed by atoms with Gasteiger partial charge >= 0.3 is 0 Å². The van der Waals surface area contributed by atoms with Gasteiger partial charge in [-0.05, 0) is 86.8 Å². The molecule has 0 aliphatic carbocycles. The molecule has 2 aromatic rings. The number of anilines is 2. The molecule has 2 aromatic carbocycles. The van der Waals surface area contributed by atoms with Crippen molar-refractivity contribution in [2.75, 3.05) is 57.0 Å². The van der Waals surface area contributed by atoms with E-state index in [4.69, 9.17) is 40.8 Å². The highest BCUT2D eigenvalue weighted by Gasteiger charge is 2.15. The van der Waals surface area contributed by atoms with Crippen molar-refractivity contribution in [1.82, 2.24) is 15.1 Å². The molecule has 1 heterocycles. The molecule has 1 aliphatic heterocycles. The van der Waals surface area contributed by atoms with E-state index in [1.807, 2.05) is 48.5 Å². The zero-order chi connectivity index (χ0) is 23.5. The first-order valence-electron chi connectivity index (χ1n) is 11.3. The van der Waals surface area contributed by atoms with E-state index in [1.165, 1.54) is 19.3 Å². The van der Waals surface area contributed by atoms with Gasteiger partial charge in [0.25, 0.3) is 0 Å². The molecule has 0 unspecified atom stereocenters. The fourth-order valence-electron chi connectivity index (χ4n) is 3.68. The first-order chi connectivity index (χ1) is 16.0. The van der Waals surface area contributed by atoms with E-state index in [2.05, 4.69) is 25.8 Å². The molecule has 0 spiro atoms. The van der Waals surface area contributed by atoms with Gasteiger partial charge in [-0.1, -0.05) is 24.1 Å². The maximum atomic E-state index is 5.95. The second-order valence-corrected chi connectivity index (χ2v) is 9.17. The second-order valence-electron chi connectivity index (χ2n) is 7.94. The third-order valence-electron chi connectivity index (χ3n) is 5.51. The summed E-state index contributed by atoms with van der Waals surface area (Å²) in [6, 6.07) is 15.3. The molecule has 1 saturated heterocycles. The fraction of sp³-hybridized carbons (Fsp3) is 0.417. The summed E-state index contributed by atoms with van der Waals surface area (Å²) >= 11 is 17.2. The molecule has 1 fully saturated rings. The van der Waals surface area contributed by atoms with Crippen LogP contribution in [0.3, 0.4) is 0 Å². The smallest absolute Gasteiger partial charge is 0.173 e. The highest BCUT2D eigenvalue weighted by Crippen LogP contribution is 2.17. The van der Waals surface area contributed by atoms with E-state index in [0.29, 0.717) is 21.8 Å². The molecule has 3 N–H and O–H groups in total. The third-order valence-corrected chi connectivity index (χ3v) is 6.37. The highest BCUT2D eigenvalue weighted by atomic mass is 35.5. The van der Waals surface area contributed by atoms with Crippen LogP contribution in [-0.2, 0) is 0 Å². The molecule has 6 nitrogen and oxygen atoms in total. The van der Waals surface area contributed by atoms with Crippen molar-refractivity contribution in [3.63, 3.8) is 0 Å². The number of halogens is 1. The summed E-state index contributed by atoms with van der Waals surface area (Å²) in [6.45, 7) is 5.57. The standard InChI is InChI=1S/C24H32ClN5OS2/c1-31-22-7-5-6-21(18-22)28-24(33)30(17-16-29-13-3-2-4-14-29)15-12-26-23(32)27-20-10-8-19(25)9-11-20/h5-11,18H,2-4,12-17H2,1H3,(H,28,33)(H2,26,27,32). The minimum absolute atomic E-state index is 0.569. The number of methoxy groups -OCH3 is 1. The fourth-order valence-corrected chi connectivity index (χ4v) is 4.32. The molecule has 0 bridgehead atoms. The Labute approximate surface area is 212 Å². The number of benzene rings is 2. The lowest BCUT2D eigenvalue weighted by atomic mass is 10.1. The van der Waals surface area contributed by atoms with Gasteiger partial charge in [0, 0.05) is 48.6 Å². The molecule has 1 aliphatic rings. The van der Waals surface area contributed by atoms with Gasteiger partial charge in [-0.2, -0.15) is 0 Å². The summed E-state index contributed by atoms with van der Waals surface area (Å²) in [4.78, 5) is 4.71. The van der Waals surface area contributed by atoms with Crippen LogP contribution in [0.25, 0.3) is 0 Å². The van der Waals surface area contributed by atoms with Crippen LogP contribution in [0.2, 0.25) is 5.02 Å². The molecular formula is C24H32ClN5OS2. The van der Waals surface area contributed by atoms with Crippen molar-refractivity contribution in [2.24, 2.45) is 0 Å². The van der Waals surface area contributed by atoms with Gasteiger partial charge < -0.3 is 30.5 Å². The Morgan fingerprint density at radius 3 is 2.48 bits per heavy atom. The number of piperidine rings is 1. The Morgan fingerprint density at radius 1 is 1.00 bits per heavy atom. The van der Waals surface area contributed by atoms with E-state index < -0.39 is 0 Å². The van der Waals surface area contributed by atoms with Gasteiger partial charge in [-0.25, -0.2) is 0 Å². The quantitative estimate of drug-likeness (QED) is 0.419. The molecule has 9 heteroatoms. The van der Waals surface area contributed by atoms with Crippen LogP contribution in [0.5, 0.6) is 5.75 Å². The minimum Gasteiger partial charge on any atom is -0.497 e. The Kier molecular flexibility index (Phi) is 10.5. The first kappa shape index (κ1) is 25.5. The van der Waals surface area contributed by atoms with Crippen molar-refractivity contribution in [1.29, 1.82) is 0 Å². The number of hydrogen-bond acceptors (Lipinski definition) is 4. The summed E-state index contributed by atoms with van der Waals surface area (Å²) < 4.78 is 5.33. The van der Waals surface area contributed by atoms with Crippen molar-refractivity contribution in [3.05, 3.63) is 53.6 Å². The van der Waals surface area contributed by atoms with Gasteiger partial charge in [-0.15, -0.1) is 0 Å². The predicted octanol–water partition coefficient (Wildman–Crippen LogP) is 4.82. The maximum absolute atomic E-state index is 5.95. The van der Waals surface area contributed by atoms with Crippen LogP contribution in [0.4, 0.5) is 11.4 Å². The SMILES string of the molecule is COc1cccc(NC(=S)N(CCNC(=S)Nc2ccc(Cl)cc2)CCN2CCCCC2)c1. The van der Waals surface area contributed by atoms with E-state index >= 15 is 0 Å². The molecule has 0 amide bonds. The lowest BCUT2D eigenvalue weighted by Crippen LogP contribution is -2.45.